The third-order valence-corrected chi connectivity index (χ3v) is 5.56. The summed E-state index contributed by atoms with van der Waals surface area (Å²) >= 11 is 0. The van der Waals surface area contributed by atoms with Gasteiger partial charge in [0.2, 0.25) is 0 Å². The molecule has 3 N–H and O–H groups in total. The van der Waals surface area contributed by atoms with Crippen molar-refractivity contribution < 1.29 is 4.79 Å². The Labute approximate surface area is 203 Å². The highest BCUT2D eigenvalue weighted by molar-refractivity contribution is 6.04. The van der Waals surface area contributed by atoms with Crippen LogP contribution in [0.25, 0.3) is 11.1 Å². The van der Waals surface area contributed by atoms with Gasteiger partial charge in [-0.2, -0.15) is 0 Å². The standard InChI is InChI=1S/C29H23N5O/c30-24-11-9-22(10-12-24)29(35)33-25-13-15-26(16-14-25)34(28-17-18-31-20-32-28)27-8-4-7-23(19-27)21-5-2-1-3-6-21/h1-20H,30H2,(H,33,35). The van der Waals surface area contributed by atoms with Crippen LogP contribution in [0.15, 0.2) is 122 Å². The number of hydrogen-bond donors (Lipinski definition) is 2. The molecule has 0 unspecified atom stereocenters. The summed E-state index contributed by atoms with van der Waals surface area (Å²) in [6.45, 7) is 0. The lowest BCUT2D eigenvalue weighted by atomic mass is 10.0. The van der Waals surface area contributed by atoms with Crippen molar-refractivity contribution in [1.29, 1.82) is 0 Å². The maximum atomic E-state index is 12.6. The van der Waals surface area contributed by atoms with Crippen LogP contribution in [-0.2, 0) is 0 Å². The quantitative estimate of drug-likeness (QED) is 0.286. The first-order chi connectivity index (χ1) is 17.2. The number of anilines is 5. The largest absolute Gasteiger partial charge is 0.399 e. The Hall–Kier alpha value is -4.97. The Morgan fingerprint density at radius 3 is 2.20 bits per heavy atom. The van der Waals surface area contributed by atoms with Crippen molar-refractivity contribution in [3.8, 4) is 11.1 Å². The number of nitrogens with one attached hydrogen (secondary N) is 1. The predicted octanol–water partition coefficient (Wildman–Crippen LogP) is 6.45. The number of carbonyl (C=O) groups is 1. The first-order valence-corrected chi connectivity index (χ1v) is 11.2. The summed E-state index contributed by atoms with van der Waals surface area (Å²) in [5, 5.41) is 2.93. The van der Waals surface area contributed by atoms with E-state index in [9.17, 15) is 4.79 Å². The molecule has 0 saturated heterocycles. The van der Waals surface area contributed by atoms with Gasteiger partial charge in [-0.15, -0.1) is 0 Å². The molecule has 5 aromatic rings. The van der Waals surface area contributed by atoms with Crippen LogP contribution in [0.3, 0.4) is 0 Å². The van der Waals surface area contributed by atoms with E-state index in [-0.39, 0.29) is 5.91 Å². The molecule has 6 heteroatoms. The first-order valence-electron chi connectivity index (χ1n) is 11.2. The van der Waals surface area contributed by atoms with Crippen molar-refractivity contribution in [3.05, 3.63) is 127 Å². The van der Waals surface area contributed by atoms with E-state index in [1.165, 1.54) is 6.33 Å². The fourth-order valence-electron chi connectivity index (χ4n) is 3.82. The Morgan fingerprint density at radius 1 is 0.743 bits per heavy atom. The number of benzene rings is 4. The van der Waals surface area contributed by atoms with E-state index >= 15 is 0 Å². The molecule has 35 heavy (non-hydrogen) atoms. The highest BCUT2D eigenvalue weighted by Gasteiger charge is 2.15. The third kappa shape index (κ3) is 5.02. The van der Waals surface area contributed by atoms with Gasteiger partial charge in [0, 0.05) is 34.5 Å². The maximum Gasteiger partial charge on any atom is 0.255 e. The second kappa shape index (κ2) is 9.89. The van der Waals surface area contributed by atoms with Crippen molar-refractivity contribution in [3.63, 3.8) is 0 Å². The molecule has 0 aliphatic heterocycles. The van der Waals surface area contributed by atoms with Crippen molar-refractivity contribution in [2.45, 2.75) is 0 Å². The molecule has 5 rings (SSSR count). The molecule has 0 aliphatic carbocycles. The van der Waals surface area contributed by atoms with Gasteiger partial charge in [0.25, 0.3) is 5.91 Å². The molecular weight excluding hydrogens is 434 g/mol. The summed E-state index contributed by atoms with van der Waals surface area (Å²) in [6.07, 6.45) is 3.25. The van der Waals surface area contributed by atoms with Gasteiger partial charge in [0.1, 0.15) is 12.1 Å². The van der Waals surface area contributed by atoms with E-state index in [2.05, 4.69) is 44.5 Å². The van der Waals surface area contributed by atoms with Crippen molar-refractivity contribution >= 4 is 34.5 Å². The molecule has 0 bridgehead atoms. The summed E-state index contributed by atoms with van der Waals surface area (Å²) in [5.74, 6) is 0.546. The summed E-state index contributed by atoms with van der Waals surface area (Å²) in [4.78, 5) is 23.2. The summed E-state index contributed by atoms with van der Waals surface area (Å²) in [7, 11) is 0. The molecular formula is C29H23N5O. The van der Waals surface area contributed by atoms with Gasteiger partial charge in [-0.3, -0.25) is 9.69 Å². The number of amides is 1. The summed E-state index contributed by atoms with van der Waals surface area (Å²) < 4.78 is 0. The zero-order chi connectivity index (χ0) is 24.0. The molecule has 0 radical (unpaired) electrons. The SMILES string of the molecule is Nc1ccc(C(=O)Nc2ccc(N(c3cccc(-c4ccccc4)c3)c3ccncn3)cc2)cc1. The fourth-order valence-corrected chi connectivity index (χ4v) is 3.82. The van der Waals surface area contributed by atoms with Crippen LogP contribution < -0.4 is 16.0 Å². The van der Waals surface area contributed by atoms with Crippen LogP contribution in [-0.4, -0.2) is 15.9 Å². The van der Waals surface area contributed by atoms with E-state index in [1.807, 2.05) is 60.7 Å². The highest BCUT2D eigenvalue weighted by atomic mass is 16.1. The van der Waals surface area contributed by atoms with Crippen LogP contribution in [0.4, 0.5) is 28.6 Å². The first kappa shape index (κ1) is 21.9. The van der Waals surface area contributed by atoms with Crippen LogP contribution in [0.1, 0.15) is 10.4 Å². The van der Waals surface area contributed by atoms with Crippen LogP contribution in [0.2, 0.25) is 0 Å². The Morgan fingerprint density at radius 2 is 1.49 bits per heavy atom. The molecule has 0 aliphatic rings. The van der Waals surface area contributed by atoms with E-state index in [0.717, 1.165) is 28.3 Å². The molecule has 170 valence electrons. The van der Waals surface area contributed by atoms with Gasteiger partial charge >= 0.3 is 0 Å². The van der Waals surface area contributed by atoms with E-state index in [0.29, 0.717) is 16.9 Å². The van der Waals surface area contributed by atoms with Gasteiger partial charge in [-0.1, -0.05) is 42.5 Å². The zero-order valence-electron chi connectivity index (χ0n) is 18.9. The number of nitrogen functional groups attached to an aromatic ring is 1. The Bertz CT molecular complexity index is 1420. The zero-order valence-corrected chi connectivity index (χ0v) is 18.9. The molecule has 0 fully saturated rings. The Kier molecular flexibility index (Phi) is 6.17. The maximum absolute atomic E-state index is 12.6. The van der Waals surface area contributed by atoms with Crippen molar-refractivity contribution in [1.82, 2.24) is 9.97 Å². The summed E-state index contributed by atoms with van der Waals surface area (Å²) in [6, 6.07) is 34.9. The number of rotatable bonds is 6. The van der Waals surface area contributed by atoms with Gasteiger partial charge in [-0.05, 0) is 77.9 Å². The molecule has 6 nitrogen and oxygen atoms in total. The smallest absolute Gasteiger partial charge is 0.255 e. The molecule has 0 atom stereocenters. The van der Waals surface area contributed by atoms with E-state index in [4.69, 9.17) is 5.73 Å². The number of hydrogen-bond acceptors (Lipinski definition) is 5. The monoisotopic (exact) mass is 457 g/mol. The van der Waals surface area contributed by atoms with Gasteiger partial charge in [0.05, 0.1) is 0 Å². The topological polar surface area (TPSA) is 84.1 Å². The van der Waals surface area contributed by atoms with Gasteiger partial charge < -0.3 is 11.1 Å². The second-order valence-corrected chi connectivity index (χ2v) is 7.94. The van der Waals surface area contributed by atoms with Crippen LogP contribution in [0, 0.1) is 0 Å². The number of nitrogens with two attached hydrogens (primary N) is 1. The number of carbonyl (C=O) groups excluding carboxylic acids is 1. The van der Waals surface area contributed by atoms with Crippen LogP contribution in [0.5, 0.6) is 0 Å². The lowest BCUT2D eigenvalue weighted by molar-refractivity contribution is 0.102. The molecule has 0 spiro atoms. The molecule has 1 heterocycles. The predicted molar refractivity (Wildman–Crippen MR) is 141 cm³/mol. The highest BCUT2D eigenvalue weighted by Crippen LogP contribution is 2.35. The molecule has 0 saturated carbocycles. The lowest BCUT2D eigenvalue weighted by Crippen LogP contribution is -2.13. The van der Waals surface area contributed by atoms with Crippen molar-refractivity contribution in [2.75, 3.05) is 16.0 Å². The van der Waals surface area contributed by atoms with Crippen molar-refractivity contribution in [2.24, 2.45) is 0 Å². The second-order valence-electron chi connectivity index (χ2n) is 7.94. The minimum absolute atomic E-state index is 0.194. The molecule has 1 amide bonds. The average molecular weight is 458 g/mol. The minimum Gasteiger partial charge on any atom is -0.399 e. The van der Waals surface area contributed by atoms with E-state index < -0.39 is 0 Å². The Balaban J connectivity index is 1.46. The van der Waals surface area contributed by atoms with Crippen LogP contribution >= 0.6 is 0 Å². The normalized spacial score (nSPS) is 10.5. The third-order valence-electron chi connectivity index (χ3n) is 5.56. The molecule has 1 aromatic heterocycles. The minimum atomic E-state index is -0.194. The van der Waals surface area contributed by atoms with Gasteiger partial charge in [0.15, 0.2) is 0 Å². The summed E-state index contributed by atoms with van der Waals surface area (Å²) in [5.41, 5.74) is 11.7. The number of aromatic nitrogens is 2. The number of nitrogens with zero attached hydrogens (tertiary/aromatic N) is 3. The average Bonchev–Trinajstić information content (AvgIpc) is 2.91. The lowest BCUT2D eigenvalue weighted by Gasteiger charge is -2.24. The van der Waals surface area contributed by atoms with E-state index in [1.54, 1.807) is 30.5 Å². The molecule has 4 aromatic carbocycles. The van der Waals surface area contributed by atoms with Gasteiger partial charge in [-0.25, -0.2) is 9.97 Å². The fraction of sp³-hybridized carbons (Fsp3) is 0.